The van der Waals surface area contributed by atoms with Crippen LogP contribution in [-0.4, -0.2) is 78.9 Å². The Bertz CT molecular complexity index is 1360. The van der Waals surface area contributed by atoms with Crippen molar-refractivity contribution in [3.05, 3.63) is 41.3 Å². The van der Waals surface area contributed by atoms with Crippen LogP contribution in [0.3, 0.4) is 0 Å². The van der Waals surface area contributed by atoms with E-state index in [1.165, 1.54) is 7.11 Å². The smallest absolute Gasteiger partial charge is 0.407 e. The molecule has 11 heteroatoms. The van der Waals surface area contributed by atoms with Gasteiger partial charge in [0.25, 0.3) is 0 Å². The number of carbonyl (C=O) groups excluding carboxylic acids is 1. The van der Waals surface area contributed by atoms with Gasteiger partial charge in [0.15, 0.2) is 5.82 Å². The maximum atomic E-state index is 11.6. The number of ether oxygens (including phenoxy) is 2. The van der Waals surface area contributed by atoms with Crippen molar-refractivity contribution in [2.75, 3.05) is 45.3 Å². The first-order valence-electron chi connectivity index (χ1n) is 14.2. The first kappa shape index (κ1) is 28.8. The molecule has 1 saturated heterocycles. The third-order valence-electron chi connectivity index (χ3n) is 8.35. The average molecular weight is 565 g/mol. The Labute approximate surface area is 240 Å². The van der Waals surface area contributed by atoms with E-state index >= 15 is 0 Å². The summed E-state index contributed by atoms with van der Waals surface area (Å²) in [6.07, 6.45) is 3.05. The van der Waals surface area contributed by atoms with Gasteiger partial charge >= 0.3 is 6.09 Å². The lowest BCUT2D eigenvalue weighted by Crippen LogP contribution is -2.55. The summed E-state index contributed by atoms with van der Waals surface area (Å²) >= 11 is 0. The fourth-order valence-electron chi connectivity index (χ4n) is 6.13. The predicted octanol–water partition coefficient (Wildman–Crippen LogP) is 3.79. The summed E-state index contributed by atoms with van der Waals surface area (Å²) in [7, 11) is 3.19. The van der Waals surface area contributed by atoms with Crippen LogP contribution in [0.25, 0.3) is 22.6 Å². The Hall–Kier alpha value is -3.70. The van der Waals surface area contributed by atoms with E-state index in [-0.39, 0.29) is 24.2 Å². The molecule has 3 aromatic rings. The molecule has 0 radical (unpaired) electrons. The lowest BCUT2D eigenvalue weighted by molar-refractivity contribution is 0.0507. The van der Waals surface area contributed by atoms with E-state index in [4.69, 9.17) is 24.0 Å². The number of aliphatic hydroxyl groups excluding tert-OH is 1. The number of methoxy groups -OCH3 is 1. The van der Waals surface area contributed by atoms with Crippen LogP contribution in [-0.2, 0) is 4.74 Å². The number of benzene rings is 1. The summed E-state index contributed by atoms with van der Waals surface area (Å²) in [6.45, 7) is 8.27. The van der Waals surface area contributed by atoms with Gasteiger partial charge in [0, 0.05) is 36.8 Å². The van der Waals surface area contributed by atoms with Crippen molar-refractivity contribution in [2.24, 2.45) is 5.41 Å². The number of nitrogens with one attached hydrogen (secondary N) is 2. The number of amides is 1. The van der Waals surface area contributed by atoms with E-state index in [0.717, 1.165) is 72.7 Å². The van der Waals surface area contributed by atoms with Gasteiger partial charge in [-0.1, -0.05) is 17.3 Å². The van der Waals surface area contributed by atoms with Gasteiger partial charge in [0.2, 0.25) is 0 Å². The second-order valence-corrected chi connectivity index (χ2v) is 11.3. The van der Waals surface area contributed by atoms with Gasteiger partial charge in [0.05, 0.1) is 24.1 Å². The number of alkyl carbamates (subject to hydrolysis) is 1. The summed E-state index contributed by atoms with van der Waals surface area (Å²) in [5.74, 6) is 2.85. The number of hydrogen-bond donors (Lipinski definition) is 3. The highest BCUT2D eigenvalue weighted by atomic mass is 16.5. The highest BCUT2D eigenvalue weighted by molar-refractivity contribution is 5.75. The highest BCUT2D eigenvalue weighted by Gasteiger charge is 2.46. The molecule has 1 unspecified atom stereocenters. The molecule has 1 saturated carbocycles. The molecule has 1 atom stereocenters. The predicted molar refractivity (Wildman–Crippen MR) is 155 cm³/mol. The van der Waals surface area contributed by atoms with Crippen LogP contribution in [0.5, 0.6) is 5.75 Å². The van der Waals surface area contributed by atoms with Crippen molar-refractivity contribution >= 4 is 11.9 Å². The quantitative estimate of drug-likeness (QED) is 0.352. The van der Waals surface area contributed by atoms with Crippen molar-refractivity contribution in [2.45, 2.75) is 58.6 Å². The van der Waals surface area contributed by atoms with Crippen molar-refractivity contribution < 1.29 is 23.9 Å². The Kier molecular flexibility index (Phi) is 8.46. The van der Waals surface area contributed by atoms with Gasteiger partial charge in [-0.3, -0.25) is 0 Å². The molecular formula is C30H40N6O5. The number of piperidine rings is 1. The number of aryl methyl sites for hydroxylation is 2. The third-order valence-corrected chi connectivity index (χ3v) is 8.35. The molecule has 3 heterocycles. The second kappa shape index (κ2) is 12.0. The summed E-state index contributed by atoms with van der Waals surface area (Å²) in [5.41, 5.74) is 4.54. The molecule has 2 aromatic heterocycles. The van der Waals surface area contributed by atoms with Crippen molar-refractivity contribution in [1.29, 1.82) is 0 Å². The number of nitrogens with zero attached hydrogens (tertiary/aromatic N) is 4. The molecular weight excluding hydrogens is 524 g/mol. The van der Waals surface area contributed by atoms with E-state index in [0.29, 0.717) is 23.9 Å². The fourth-order valence-corrected chi connectivity index (χ4v) is 6.13. The number of aromatic nitrogens is 3. The van der Waals surface area contributed by atoms with Crippen LogP contribution in [0.15, 0.2) is 28.8 Å². The molecule has 1 aromatic carbocycles. The van der Waals surface area contributed by atoms with Gasteiger partial charge in [-0.15, -0.1) is 0 Å². The van der Waals surface area contributed by atoms with Crippen molar-refractivity contribution in [3.8, 4) is 28.4 Å². The van der Waals surface area contributed by atoms with E-state index in [2.05, 4.69) is 27.6 Å². The lowest BCUT2D eigenvalue weighted by Gasteiger charge is -2.52. The number of hydrogen-bond acceptors (Lipinski definition) is 10. The first-order chi connectivity index (χ1) is 19.7. The summed E-state index contributed by atoms with van der Waals surface area (Å²) in [4.78, 5) is 24.1. The minimum absolute atomic E-state index is 0.181. The van der Waals surface area contributed by atoms with Crippen LogP contribution in [0, 0.1) is 26.2 Å². The molecule has 3 N–H and O–H groups in total. The zero-order chi connectivity index (χ0) is 29.1. The molecule has 220 valence electrons. The largest absolute Gasteiger partial charge is 0.491 e. The van der Waals surface area contributed by atoms with Gasteiger partial charge in [-0.2, -0.15) is 0 Å². The molecule has 1 aliphatic heterocycles. The second-order valence-electron chi connectivity index (χ2n) is 11.3. The molecule has 2 aliphatic rings. The number of anilines is 1. The normalized spacial score (nSPS) is 17.3. The van der Waals surface area contributed by atoms with Gasteiger partial charge in [-0.25, -0.2) is 14.8 Å². The van der Waals surface area contributed by atoms with Gasteiger partial charge in [-0.05, 0) is 71.0 Å². The monoisotopic (exact) mass is 564 g/mol. The minimum Gasteiger partial charge on any atom is -0.491 e. The van der Waals surface area contributed by atoms with Crippen LogP contribution < -0.4 is 20.3 Å². The maximum Gasteiger partial charge on any atom is 0.407 e. The molecule has 11 nitrogen and oxygen atoms in total. The lowest BCUT2D eigenvalue weighted by atomic mass is 9.60. The number of rotatable bonds is 9. The van der Waals surface area contributed by atoms with E-state index in [9.17, 15) is 9.90 Å². The van der Waals surface area contributed by atoms with E-state index in [1.807, 2.05) is 38.1 Å². The Morgan fingerprint density at radius 3 is 2.63 bits per heavy atom. The Morgan fingerprint density at radius 2 is 1.98 bits per heavy atom. The molecule has 1 aliphatic carbocycles. The third kappa shape index (κ3) is 6.15. The summed E-state index contributed by atoms with van der Waals surface area (Å²) < 4.78 is 16.1. The van der Waals surface area contributed by atoms with Crippen molar-refractivity contribution in [3.63, 3.8) is 0 Å². The minimum atomic E-state index is -0.610. The van der Waals surface area contributed by atoms with Gasteiger partial charge < -0.3 is 34.6 Å². The number of likely N-dealkylation sites (N-methyl/N-ethyl adjacent to an activating group) is 1. The van der Waals surface area contributed by atoms with Crippen LogP contribution in [0.2, 0.25) is 0 Å². The maximum absolute atomic E-state index is 11.6. The van der Waals surface area contributed by atoms with E-state index < -0.39 is 6.10 Å². The zero-order valence-electron chi connectivity index (χ0n) is 24.5. The zero-order valence-corrected chi connectivity index (χ0v) is 24.5. The molecule has 2 fully saturated rings. The Balaban J connectivity index is 1.42. The fraction of sp³-hybridized carbons (Fsp3) is 0.533. The number of carbonyl (C=O) groups is 1. The van der Waals surface area contributed by atoms with Crippen molar-refractivity contribution in [1.82, 2.24) is 25.8 Å². The molecule has 41 heavy (non-hydrogen) atoms. The number of aliphatic hydroxyl groups is 1. The molecule has 5 rings (SSSR count). The van der Waals surface area contributed by atoms with E-state index in [1.54, 1.807) is 7.05 Å². The Morgan fingerprint density at radius 1 is 1.22 bits per heavy atom. The molecule has 1 amide bonds. The summed E-state index contributed by atoms with van der Waals surface area (Å²) in [6, 6.07) is 7.84. The highest BCUT2D eigenvalue weighted by Crippen LogP contribution is 2.50. The van der Waals surface area contributed by atoms with Crippen LogP contribution in [0.1, 0.15) is 42.7 Å². The molecule has 1 spiro atoms. The molecule has 0 bridgehead atoms. The van der Waals surface area contributed by atoms with Crippen LogP contribution >= 0.6 is 0 Å². The van der Waals surface area contributed by atoms with Crippen LogP contribution in [0.4, 0.5) is 10.6 Å². The topological polar surface area (TPSA) is 135 Å². The SMILES string of the molecule is CNCC(O)COc1cccc(-c2nc(-c3c(C)noc3C)c(C)c(N3CCC4(CC3)CC(NC(=O)OC)C4)n2)c1. The summed E-state index contributed by atoms with van der Waals surface area (Å²) in [5, 5.41) is 20.1. The average Bonchev–Trinajstić information content (AvgIpc) is 3.29. The first-order valence-corrected chi connectivity index (χ1v) is 14.2. The standard InChI is InChI=1S/C30H40N6O5/c1-18-26(25-19(2)35-41-20(25)3)33-27(21-7-6-8-24(13-21)40-17-23(37)16-31-4)34-28(18)36-11-9-30(10-12-36)14-22(15-30)32-29(38)39-5/h6-8,13,22-23,31,37H,9-12,14-17H2,1-5H3,(H,32,38). The van der Waals surface area contributed by atoms with Gasteiger partial charge in [0.1, 0.15) is 30.0 Å².